The van der Waals surface area contributed by atoms with Crippen molar-refractivity contribution in [3.05, 3.63) is 82.9 Å². The summed E-state index contributed by atoms with van der Waals surface area (Å²) in [6.07, 6.45) is 1.58. The van der Waals surface area contributed by atoms with Gasteiger partial charge in [-0.2, -0.15) is 5.26 Å². The Morgan fingerprint density at radius 1 is 1.10 bits per heavy atom. The Hall–Kier alpha value is -3.85. The number of rotatable bonds is 5. The fourth-order valence-corrected chi connectivity index (χ4v) is 3.27. The van der Waals surface area contributed by atoms with Crippen LogP contribution in [0.15, 0.2) is 60.2 Å². The van der Waals surface area contributed by atoms with Crippen molar-refractivity contribution < 1.29 is 9.18 Å². The van der Waals surface area contributed by atoms with E-state index in [1.54, 1.807) is 6.08 Å². The molecule has 1 amide bonds. The number of carbonyl (C=O) groups excluding carboxylic acids is 1. The van der Waals surface area contributed by atoms with Crippen molar-refractivity contribution in [2.75, 3.05) is 24.3 Å². The number of aromatic nitrogens is 1. The van der Waals surface area contributed by atoms with Crippen molar-refractivity contribution in [1.82, 2.24) is 4.57 Å². The molecule has 0 unspecified atom stereocenters. The Bertz CT molecular complexity index is 1130. The number of hydrogen-bond acceptors (Lipinski definition) is 3. The molecule has 1 aromatic heterocycles. The van der Waals surface area contributed by atoms with Crippen LogP contribution in [0.4, 0.5) is 15.8 Å². The molecule has 0 aliphatic carbocycles. The van der Waals surface area contributed by atoms with Crippen molar-refractivity contribution in [1.29, 1.82) is 5.26 Å². The van der Waals surface area contributed by atoms with Gasteiger partial charge in [0.2, 0.25) is 0 Å². The minimum absolute atomic E-state index is 0.0254. The Morgan fingerprint density at radius 3 is 2.30 bits per heavy atom. The summed E-state index contributed by atoms with van der Waals surface area (Å²) in [4.78, 5) is 14.5. The molecular weight excluding hydrogens is 379 g/mol. The average molecular weight is 402 g/mol. The van der Waals surface area contributed by atoms with E-state index in [4.69, 9.17) is 0 Å². The van der Waals surface area contributed by atoms with Crippen LogP contribution in [0.3, 0.4) is 0 Å². The van der Waals surface area contributed by atoms with Crippen LogP contribution in [0.25, 0.3) is 11.8 Å². The first kappa shape index (κ1) is 20.9. The molecule has 152 valence electrons. The normalized spacial score (nSPS) is 11.1. The van der Waals surface area contributed by atoms with Crippen LogP contribution in [-0.2, 0) is 4.79 Å². The van der Waals surface area contributed by atoms with E-state index in [0.717, 1.165) is 28.3 Å². The van der Waals surface area contributed by atoms with Crippen LogP contribution in [0.1, 0.15) is 17.0 Å². The summed E-state index contributed by atoms with van der Waals surface area (Å²) >= 11 is 0. The third kappa shape index (κ3) is 4.41. The van der Waals surface area contributed by atoms with E-state index in [0.29, 0.717) is 5.69 Å². The lowest BCUT2D eigenvalue weighted by atomic mass is 10.1. The molecule has 5 nitrogen and oxygen atoms in total. The van der Waals surface area contributed by atoms with Gasteiger partial charge in [-0.15, -0.1) is 0 Å². The molecule has 0 radical (unpaired) electrons. The Labute approximate surface area is 175 Å². The number of aryl methyl sites for hydroxylation is 1. The van der Waals surface area contributed by atoms with Gasteiger partial charge in [0, 0.05) is 42.5 Å². The highest BCUT2D eigenvalue weighted by atomic mass is 19.1. The molecule has 2 aromatic carbocycles. The molecule has 0 aliphatic heterocycles. The van der Waals surface area contributed by atoms with Gasteiger partial charge in [0.05, 0.1) is 0 Å². The maximum absolute atomic E-state index is 13.0. The average Bonchev–Trinajstić information content (AvgIpc) is 3.00. The molecule has 1 N–H and O–H groups in total. The third-order valence-corrected chi connectivity index (χ3v) is 4.86. The predicted octanol–water partition coefficient (Wildman–Crippen LogP) is 4.84. The Kier molecular flexibility index (Phi) is 6.03. The summed E-state index contributed by atoms with van der Waals surface area (Å²) in [5, 5.41) is 12.1. The van der Waals surface area contributed by atoms with Crippen LogP contribution in [-0.4, -0.2) is 24.6 Å². The van der Waals surface area contributed by atoms with E-state index in [1.807, 2.05) is 69.2 Å². The summed E-state index contributed by atoms with van der Waals surface area (Å²) < 4.78 is 15.1. The quantitative estimate of drug-likeness (QED) is 0.490. The number of hydrogen-bond donors (Lipinski definition) is 1. The lowest BCUT2D eigenvalue weighted by Gasteiger charge is -2.14. The predicted molar refractivity (Wildman–Crippen MR) is 118 cm³/mol. The Morgan fingerprint density at radius 2 is 1.73 bits per heavy atom. The first-order valence-electron chi connectivity index (χ1n) is 9.45. The van der Waals surface area contributed by atoms with E-state index in [-0.39, 0.29) is 5.57 Å². The van der Waals surface area contributed by atoms with E-state index >= 15 is 0 Å². The smallest absolute Gasteiger partial charge is 0.266 e. The zero-order valence-corrected chi connectivity index (χ0v) is 17.4. The zero-order valence-electron chi connectivity index (χ0n) is 17.4. The maximum Gasteiger partial charge on any atom is 0.266 e. The van der Waals surface area contributed by atoms with Crippen molar-refractivity contribution in [2.24, 2.45) is 0 Å². The van der Waals surface area contributed by atoms with Gasteiger partial charge in [0.1, 0.15) is 17.5 Å². The van der Waals surface area contributed by atoms with Gasteiger partial charge in [-0.1, -0.05) is 0 Å². The van der Waals surface area contributed by atoms with Crippen LogP contribution >= 0.6 is 0 Å². The molecule has 0 saturated heterocycles. The third-order valence-electron chi connectivity index (χ3n) is 4.86. The summed E-state index contributed by atoms with van der Waals surface area (Å²) in [5.41, 5.74) is 5.21. The molecule has 30 heavy (non-hydrogen) atoms. The second-order valence-corrected chi connectivity index (χ2v) is 7.20. The monoisotopic (exact) mass is 402 g/mol. The molecule has 0 spiro atoms. The second kappa shape index (κ2) is 8.66. The summed E-state index contributed by atoms with van der Waals surface area (Å²) in [5.74, 6) is -0.931. The number of nitrogens with zero attached hydrogens (tertiary/aromatic N) is 3. The highest BCUT2D eigenvalue weighted by Crippen LogP contribution is 2.24. The molecule has 1 heterocycles. The number of carbonyl (C=O) groups is 1. The first-order chi connectivity index (χ1) is 14.3. The molecule has 6 heteroatoms. The highest BCUT2D eigenvalue weighted by Gasteiger charge is 2.14. The lowest BCUT2D eigenvalue weighted by Crippen LogP contribution is -2.13. The minimum Gasteiger partial charge on any atom is -0.378 e. The van der Waals surface area contributed by atoms with Gasteiger partial charge >= 0.3 is 0 Å². The van der Waals surface area contributed by atoms with Gasteiger partial charge in [-0.05, 0) is 80.1 Å². The SMILES string of the molecule is Cc1cc(/C=C(\C#N)C(=O)Nc2ccc(F)cc2)c(C)n1-c1ccc(N(C)C)cc1. The number of amides is 1. The maximum atomic E-state index is 13.0. The zero-order chi connectivity index (χ0) is 21.8. The molecule has 3 rings (SSSR count). The van der Waals surface area contributed by atoms with Crippen molar-refractivity contribution in [2.45, 2.75) is 13.8 Å². The first-order valence-corrected chi connectivity index (χ1v) is 9.45. The van der Waals surface area contributed by atoms with Gasteiger partial charge < -0.3 is 14.8 Å². The fraction of sp³-hybridized carbons (Fsp3) is 0.167. The fourth-order valence-electron chi connectivity index (χ4n) is 3.27. The lowest BCUT2D eigenvalue weighted by molar-refractivity contribution is -0.112. The van der Waals surface area contributed by atoms with Crippen molar-refractivity contribution >= 4 is 23.4 Å². The van der Waals surface area contributed by atoms with Gasteiger partial charge in [0.15, 0.2) is 0 Å². The van der Waals surface area contributed by atoms with E-state index in [2.05, 4.69) is 9.88 Å². The van der Waals surface area contributed by atoms with E-state index < -0.39 is 11.7 Å². The topological polar surface area (TPSA) is 61.1 Å². The largest absolute Gasteiger partial charge is 0.378 e. The molecule has 0 atom stereocenters. The number of nitrogens with one attached hydrogen (secondary N) is 1. The van der Waals surface area contributed by atoms with Crippen LogP contribution in [0.2, 0.25) is 0 Å². The number of halogens is 1. The molecule has 0 aliphatic rings. The molecule has 3 aromatic rings. The van der Waals surface area contributed by atoms with Crippen molar-refractivity contribution in [3.8, 4) is 11.8 Å². The summed E-state index contributed by atoms with van der Waals surface area (Å²) in [6, 6.07) is 17.5. The van der Waals surface area contributed by atoms with Gasteiger partial charge in [0.25, 0.3) is 5.91 Å². The van der Waals surface area contributed by atoms with Crippen LogP contribution in [0, 0.1) is 31.0 Å². The van der Waals surface area contributed by atoms with Crippen LogP contribution < -0.4 is 10.2 Å². The van der Waals surface area contributed by atoms with E-state index in [1.165, 1.54) is 24.3 Å². The molecule has 0 fully saturated rings. The molecule has 0 bridgehead atoms. The second-order valence-electron chi connectivity index (χ2n) is 7.20. The van der Waals surface area contributed by atoms with Gasteiger partial charge in [-0.25, -0.2) is 4.39 Å². The molecule has 0 saturated carbocycles. The summed E-state index contributed by atoms with van der Waals surface area (Å²) in [6.45, 7) is 3.93. The number of benzene rings is 2. The van der Waals surface area contributed by atoms with Gasteiger partial charge in [-0.3, -0.25) is 4.79 Å². The Balaban J connectivity index is 1.90. The minimum atomic E-state index is -0.538. The van der Waals surface area contributed by atoms with Crippen LogP contribution in [0.5, 0.6) is 0 Å². The number of nitriles is 1. The summed E-state index contributed by atoms with van der Waals surface area (Å²) in [7, 11) is 3.98. The number of anilines is 2. The van der Waals surface area contributed by atoms with Crippen molar-refractivity contribution in [3.63, 3.8) is 0 Å². The molecular formula is C24H23FN4O. The standard InChI is InChI=1S/C24H23FN4O/c1-16-13-18(17(2)29(16)23-11-9-22(10-12-23)28(3)4)14-19(15-26)24(30)27-21-7-5-20(25)6-8-21/h5-14H,1-4H3,(H,27,30)/b19-14+. The van der Waals surface area contributed by atoms with E-state index in [9.17, 15) is 14.4 Å². The highest BCUT2D eigenvalue weighted by molar-refractivity contribution is 6.09.